The normalized spacial score (nSPS) is 14.7. The van der Waals surface area contributed by atoms with E-state index in [-0.39, 0.29) is 11.7 Å². The van der Waals surface area contributed by atoms with Crippen molar-refractivity contribution < 1.29 is 14.3 Å². The Kier molecular flexibility index (Phi) is 6.32. The third-order valence-corrected chi connectivity index (χ3v) is 5.53. The van der Waals surface area contributed by atoms with Crippen LogP contribution in [-0.4, -0.2) is 48.9 Å². The van der Waals surface area contributed by atoms with Crippen LogP contribution in [0.2, 0.25) is 0 Å². The molecule has 5 nitrogen and oxygen atoms in total. The summed E-state index contributed by atoms with van der Waals surface area (Å²) in [5.74, 6) is 0.526. The van der Waals surface area contributed by atoms with Crippen molar-refractivity contribution >= 4 is 17.4 Å². The quantitative estimate of drug-likeness (QED) is 0.572. The molecule has 1 aliphatic heterocycles. The van der Waals surface area contributed by atoms with Crippen LogP contribution in [0.4, 0.5) is 5.69 Å². The monoisotopic (exact) mass is 414 g/mol. The smallest absolute Gasteiger partial charge is 0.263 e. The van der Waals surface area contributed by atoms with Crippen molar-refractivity contribution in [3.05, 3.63) is 96.1 Å². The van der Waals surface area contributed by atoms with Gasteiger partial charge in [0.05, 0.1) is 0 Å². The lowest BCUT2D eigenvalue weighted by Crippen LogP contribution is -2.52. The van der Waals surface area contributed by atoms with Crippen molar-refractivity contribution in [1.82, 2.24) is 4.90 Å². The summed E-state index contributed by atoms with van der Waals surface area (Å²) in [4.78, 5) is 29.5. The molecule has 3 aromatic carbocycles. The molecule has 158 valence electrons. The summed E-state index contributed by atoms with van der Waals surface area (Å²) in [7, 11) is 0. The molecule has 0 radical (unpaired) electrons. The number of hydrogen-bond donors (Lipinski definition) is 0. The Hall–Kier alpha value is -3.60. The summed E-state index contributed by atoms with van der Waals surface area (Å²) in [5, 5.41) is 0. The number of amides is 1. The van der Waals surface area contributed by atoms with Crippen molar-refractivity contribution in [2.45, 2.75) is 13.0 Å². The first-order valence-corrected chi connectivity index (χ1v) is 10.6. The highest BCUT2D eigenvalue weighted by Crippen LogP contribution is 2.19. The van der Waals surface area contributed by atoms with E-state index in [2.05, 4.69) is 17.0 Å². The maximum Gasteiger partial charge on any atom is 0.263 e. The molecule has 1 fully saturated rings. The molecule has 31 heavy (non-hydrogen) atoms. The van der Waals surface area contributed by atoms with Gasteiger partial charge >= 0.3 is 0 Å². The molecule has 0 aliphatic carbocycles. The van der Waals surface area contributed by atoms with Crippen LogP contribution in [-0.2, 0) is 4.79 Å². The van der Waals surface area contributed by atoms with Crippen LogP contribution < -0.4 is 9.64 Å². The number of hydrogen-bond acceptors (Lipinski definition) is 4. The van der Waals surface area contributed by atoms with E-state index in [0.29, 0.717) is 30.0 Å². The van der Waals surface area contributed by atoms with Crippen LogP contribution in [0.3, 0.4) is 0 Å². The minimum absolute atomic E-state index is 0.0165. The highest BCUT2D eigenvalue weighted by atomic mass is 16.5. The highest BCUT2D eigenvalue weighted by Gasteiger charge is 2.26. The topological polar surface area (TPSA) is 49.9 Å². The van der Waals surface area contributed by atoms with Gasteiger partial charge in [-0.3, -0.25) is 9.59 Å². The number of rotatable bonds is 6. The van der Waals surface area contributed by atoms with Gasteiger partial charge in [0.1, 0.15) is 5.75 Å². The van der Waals surface area contributed by atoms with Crippen LogP contribution in [0.1, 0.15) is 22.8 Å². The molecule has 1 heterocycles. The van der Waals surface area contributed by atoms with Crippen molar-refractivity contribution in [2.24, 2.45) is 0 Å². The largest absolute Gasteiger partial charge is 0.481 e. The summed E-state index contributed by atoms with van der Waals surface area (Å²) >= 11 is 0. The first-order chi connectivity index (χ1) is 15.1. The van der Waals surface area contributed by atoms with Crippen molar-refractivity contribution in [3.8, 4) is 5.75 Å². The number of carbonyl (C=O) groups excluding carboxylic acids is 2. The number of benzene rings is 3. The maximum atomic E-state index is 12.8. The lowest BCUT2D eigenvalue weighted by atomic mass is 10.0. The van der Waals surface area contributed by atoms with Crippen molar-refractivity contribution in [2.75, 3.05) is 31.1 Å². The molecular weight excluding hydrogens is 388 g/mol. The Morgan fingerprint density at radius 2 is 1.29 bits per heavy atom. The van der Waals surface area contributed by atoms with Crippen molar-refractivity contribution in [3.63, 3.8) is 0 Å². The highest BCUT2D eigenvalue weighted by molar-refractivity contribution is 6.09. The first-order valence-electron chi connectivity index (χ1n) is 10.6. The molecule has 1 amide bonds. The molecule has 0 spiro atoms. The summed E-state index contributed by atoms with van der Waals surface area (Å²) in [6, 6.07) is 26.4. The summed E-state index contributed by atoms with van der Waals surface area (Å²) < 4.78 is 5.87. The standard InChI is InChI=1S/C26H26N2O3/c1-20(26(30)28-18-16-27(17-19-28)23-10-6-3-7-11-23)31-24-14-12-22(13-15-24)25(29)21-8-4-2-5-9-21/h2-15,20H,16-19H2,1H3. The Labute approximate surface area is 182 Å². The van der Waals surface area contributed by atoms with Gasteiger partial charge in [-0.1, -0.05) is 48.5 Å². The Balaban J connectivity index is 1.31. The second kappa shape index (κ2) is 9.47. The van der Waals surface area contributed by atoms with Crippen molar-refractivity contribution in [1.29, 1.82) is 0 Å². The van der Waals surface area contributed by atoms with Gasteiger partial charge in [0, 0.05) is 43.0 Å². The van der Waals surface area contributed by atoms with Crippen LogP contribution in [0.25, 0.3) is 0 Å². The van der Waals surface area contributed by atoms with Crippen LogP contribution in [0.15, 0.2) is 84.9 Å². The van der Waals surface area contributed by atoms with Crippen LogP contribution in [0.5, 0.6) is 5.75 Å². The van der Waals surface area contributed by atoms with Gasteiger partial charge in [0.2, 0.25) is 0 Å². The Bertz CT molecular complexity index is 1010. The second-order valence-electron chi connectivity index (χ2n) is 7.63. The summed E-state index contributed by atoms with van der Waals surface area (Å²) in [6.45, 7) is 4.73. The third-order valence-electron chi connectivity index (χ3n) is 5.53. The summed E-state index contributed by atoms with van der Waals surface area (Å²) in [6.07, 6.45) is -0.584. The molecule has 1 unspecified atom stereocenters. The van der Waals surface area contributed by atoms with Gasteiger partial charge in [0.25, 0.3) is 5.91 Å². The molecule has 3 aromatic rings. The van der Waals surface area contributed by atoms with Gasteiger partial charge in [-0.25, -0.2) is 0 Å². The number of carbonyl (C=O) groups is 2. The summed E-state index contributed by atoms with van der Waals surface area (Å²) in [5.41, 5.74) is 2.42. The van der Waals surface area contributed by atoms with E-state index in [4.69, 9.17) is 4.74 Å². The molecule has 4 rings (SSSR count). The SMILES string of the molecule is CC(Oc1ccc(C(=O)c2ccccc2)cc1)C(=O)N1CCN(c2ccccc2)CC1. The van der Waals surface area contributed by atoms with E-state index >= 15 is 0 Å². The van der Waals surface area contributed by atoms with Crippen LogP contribution in [0, 0.1) is 0 Å². The number of piperazine rings is 1. The molecule has 0 bridgehead atoms. The zero-order valence-corrected chi connectivity index (χ0v) is 17.6. The molecule has 0 aromatic heterocycles. The second-order valence-corrected chi connectivity index (χ2v) is 7.63. The van der Waals surface area contributed by atoms with E-state index in [1.54, 1.807) is 43.3 Å². The average molecular weight is 415 g/mol. The fourth-order valence-electron chi connectivity index (χ4n) is 3.78. The molecule has 0 N–H and O–H groups in total. The fourth-order valence-corrected chi connectivity index (χ4v) is 3.78. The van der Waals surface area contributed by atoms with E-state index < -0.39 is 6.10 Å². The fraction of sp³-hybridized carbons (Fsp3) is 0.231. The third kappa shape index (κ3) is 4.94. The minimum atomic E-state index is -0.584. The number of nitrogens with zero attached hydrogens (tertiary/aromatic N) is 2. The predicted octanol–water partition coefficient (Wildman–Crippen LogP) is 4.03. The van der Waals surface area contributed by atoms with Gasteiger partial charge in [-0.05, 0) is 43.3 Å². The van der Waals surface area contributed by atoms with Crippen LogP contribution >= 0.6 is 0 Å². The molecular formula is C26H26N2O3. The Morgan fingerprint density at radius 3 is 1.90 bits per heavy atom. The maximum absolute atomic E-state index is 12.8. The lowest BCUT2D eigenvalue weighted by molar-refractivity contribution is -0.138. The van der Waals surface area contributed by atoms with Gasteiger partial charge < -0.3 is 14.5 Å². The van der Waals surface area contributed by atoms with Gasteiger partial charge in [-0.15, -0.1) is 0 Å². The number of ketones is 1. The number of para-hydroxylation sites is 1. The van der Waals surface area contributed by atoms with E-state index in [1.807, 2.05) is 41.3 Å². The minimum Gasteiger partial charge on any atom is -0.481 e. The molecule has 1 atom stereocenters. The van der Waals surface area contributed by atoms with E-state index in [0.717, 1.165) is 13.1 Å². The number of anilines is 1. The Morgan fingerprint density at radius 1 is 0.742 bits per heavy atom. The first kappa shape index (κ1) is 20.7. The lowest BCUT2D eigenvalue weighted by Gasteiger charge is -2.37. The molecule has 1 aliphatic rings. The number of ether oxygens (including phenoxy) is 1. The molecule has 1 saturated heterocycles. The van der Waals surface area contributed by atoms with Gasteiger partial charge in [-0.2, -0.15) is 0 Å². The van der Waals surface area contributed by atoms with Gasteiger partial charge in [0.15, 0.2) is 11.9 Å². The zero-order chi connectivity index (χ0) is 21.6. The predicted molar refractivity (Wildman–Crippen MR) is 122 cm³/mol. The van der Waals surface area contributed by atoms with E-state index in [1.165, 1.54) is 5.69 Å². The average Bonchev–Trinajstić information content (AvgIpc) is 2.85. The van der Waals surface area contributed by atoms with E-state index in [9.17, 15) is 9.59 Å². The molecule has 0 saturated carbocycles. The molecule has 5 heteroatoms. The zero-order valence-electron chi connectivity index (χ0n) is 17.6.